The largest absolute Gasteiger partial charge is 0.510 e. The van der Waals surface area contributed by atoms with Gasteiger partial charge in [0.2, 0.25) is 0 Å². The molecule has 13 aromatic rings. The number of para-hydroxylation sites is 2. The SMILES string of the molecule is [2H]c1c([2H])c([2H])c(-c2ccc3c(c2)n(-c2[c-]c(Oc4[c-]c5c(cc4)c4ccccc4n5-c4cc(C(C)(C)C)ccn4)ccc2)[c-][n+]3-c2c(-c3c([2H])c([2H])c([2H])c([2H])c3[2H])cccc2[Si](c2c([2H])c([2H])c([2H])c([2H])c2[2H])(c2c([2H])c([2H])c([2H])c([2H])c2[2H])c2c([2H])c([2H])c([2H])c([2H])c2[2H])c([2H])c1[2H].[Pt]. The van der Waals surface area contributed by atoms with Crippen molar-refractivity contribution in [2.45, 2.75) is 26.2 Å². The predicted octanol–water partition coefficient (Wildman–Crippen LogP) is 13.6. The van der Waals surface area contributed by atoms with Gasteiger partial charge >= 0.3 is 0 Å². The van der Waals surface area contributed by atoms with Crippen molar-refractivity contribution in [1.82, 2.24) is 14.1 Å². The second-order valence-electron chi connectivity index (χ2n) is 18.5. The average molecular weight is 1210 g/mol. The molecule has 5 nitrogen and oxygen atoms in total. The Hall–Kier alpha value is -8.67. The van der Waals surface area contributed by atoms with Gasteiger partial charge in [-0.25, -0.2) is 4.98 Å². The number of hydrogen-bond acceptors (Lipinski definition) is 2. The molecule has 10 aromatic carbocycles. The molecule has 77 heavy (non-hydrogen) atoms. The van der Waals surface area contributed by atoms with Crippen LogP contribution in [-0.4, -0.2) is 22.2 Å². The van der Waals surface area contributed by atoms with Crippen LogP contribution in [0.4, 0.5) is 0 Å². The Labute approximate surface area is 500 Å². The molecule has 3 heterocycles. The number of benzene rings is 10. The Morgan fingerprint density at radius 2 is 1.16 bits per heavy atom. The Bertz CT molecular complexity index is 5480. The maximum Gasteiger partial charge on any atom is 0.268 e. The molecule has 0 saturated carbocycles. The number of hydrogen-bond donors (Lipinski definition) is 0. The van der Waals surface area contributed by atoms with Gasteiger partial charge in [0.25, 0.3) is 6.33 Å². The van der Waals surface area contributed by atoms with Crippen LogP contribution in [0.2, 0.25) is 0 Å². The van der Waals surface area contributed by atoms with Crippen LogP contribution in [0.25, 0.3) is 72.3 Å². The number of rotatable bonds is 11. The zero-order valence-corrected chi connectivity index (χ0v) is 44.2. The zero-order valence-electron chi connectivity index (χ0n) is 65.9. The fourth-order valence-electron chi connectivity index (χ4n) is 9.69. The smallest absolute Gasteiger partial charge is 0.268 e. The van der Waals surface area contributed by atoms with Gasteiger partial charge in [0.15, 0.2) is 8.07 Å². The first-order valence-corrected chi connectivity index (χ1v) is 25.8. The van der Waals surface area contributed by atoms with E-state index in [1.807, 2.05) is 47.0 Å². The molecule has 0 spiro atoms. The summed E-state index contributed by atoms with van der Waals surface area (Å²) in [7, 11) is -6.21. The van der Waals surface area contributed by atoms with Gasteiger partial charge in [-0.3, -0.25) is 4.57 Å². The van der Waals surface area contributed by atoms with Gasteiger partial charge in [0.05, 0.1) is 51.0 Å². The van der Waals surface area contributed by atoms with Gasteiger partial charge in [-0.2, -0.15) is 18.2 Å². The van der Waals surface area contributed by atoms with Gasteiger partial charge in [-0.05, 0) is 89.3 Å². The second-order valence-corrected chi connectivity index (χ2v) is 22.1. The van der Waals surface area contributed by atoms with Crippen molar-refractivity contribution in [1.29, 1.82) is 0 Å². The van der Waals surface area contributed by atoms with Crippen molar-refractivity contribution in [3.63, 3.8) is 0 Å². The van der Waals surface area contributed by atoms with Crippen molar-refractivity contribution in [2.75, 3.05) is 0 Å². The van der Waals surface area contributed by atoms with E-state index in [1.165, 1.54) is 45.5 Å². The van der Waals surface area contributed by atoms with E-state index < -0.39 is 197 Å². The fourth-order valence-corrected chi connectivity index (χ4v) is 13.7. The van der Waals surface area contributed by atoms with Gasteiger partial charge in [0.1, 0.15) is 5.82 Å². The first-order chi connectivity index (χ1) is 47.7. The Morgan fingerprint density at radius 1 is 0.545 bits per heavy atom. The van der Waals surface area contributed by atoms with Crippen LogP contribution in [0.3, 0.4) is 0 Å². The summed E-state index contributed by atoms with van der Waals surface area (Å²) in [5.74, 6) is 0.865. The molecule has 13 rings (SSSR count). The first kappa shape index (κ1) is 28.5. The maximum atomic E-state index is 9.95. The number of fused-ring (bicyclic) bond motifs is 4. The van der Waals surface area contributed by atoms with Crippen LogP contribution in [0, 0.1) is 18.5 Å². The van der Waals surface area contributed by atoms with Gasteiger partial charge in [-0.15, -0.1) is 29.7 Å². The van der Waals surface area contributed by atoms with E-state index in [0.29, 0.717) is 11.3 Å². The van der Waals surface area contributed by atoms with Crippen molar-refractivity contribution in [3.05, 3.63) is 284 Å². The molecule has 7 heteroatoms. The molecule has 0 N–H and O–H groups in total. The molecule has 0 bridgehead atoms. The quantitative estimate of drug-likeness (QED) is 0.0560. The summed E-state index contributed by atoms with van der Waals surface area (Å²) in [6.07, 6.45) is 5.02. The molecule has 0 aliphatic heterocycles. The second kappa shape index (κ2) is 20.5. The van der Waals surface area contributed by atoms with Crippen molar-refractivity contribution >= 4 is 61.7 Å². The summed E-state index contributed by atoms with van der Waals surface area (Å²) in [4.78, 5) is 4.79. The Kier molecular flexibility index (Phi) is 7.56. The number of imidazole rings is 1. The van der Waals surface area contributed by atoms with Crippen molar-refractivity contribution in [2.24, 2.45) is 0 Å². The third-order valence-electron chi connectivity index (χ3n) is 13.1. The summed E-state index contributed by atoms with van der Waals surface area (Å²) in [6.45, 7) is 6.29. The molecular formula is C70H52N4OPtSi-2. The Morgan fingerprint density at radius 3 is 1.82 bits per heavy atom. The van der Waals surface area contributed by atoms with E-state index in [0.717, 1.165) is 21.9 Å². The molecule has 0 amide bonds. The van der Waals surface area contributed by atoms with E-state index in [-0.39, 0.29) is 65.8 Å². The molecule has 0 unspecified atom stereocenters. The van der Waals surface area contributed by atoms with E-state index in [9.17, 15) is 19.2 Å². The Balaban J connectivity index is 0.00000982. The monoisotopic (exact) mass is 1210 g/mol. The van der Waals surface area contributed by atoms with Crippen LogP contribution in [0.1, 0.15) is 60.6 Å². The molecule has 3 aromatic heterocycles. The summed E-state index contributed by atoms with van der Waals surface area (Å²) < 4.78 is 243. The number of nitrogens with zero attached hydrogens (tertiary/aromatic N) is 4. The van der Waals surface area contributed by atoms with E-state index in [2.05, 4.69) is 39.2 Å². The van der Waals surface area contributed by atoms with Crippen LogP contribution in [0.5, 0.6) is 11.5 Å². The third-order valence-corrected chi connectivity index (χ3v) is 17.3. The standard InChI is InChI=1S/C70H52N4OSi.Pt/c1-70(2,3)53-43-44-71-68(46-53)74-63-37-20-19-35-61(63)62-41-40-56(48-65(62)74)75-55-28-21-27-54(47-55)72-49-73(64-42-39-52(45-66(64)72)50-23-9-4-10-24-50)69-60(51-25-11-5-12-26-51)36-22-38-67(69)76(57-29-13-6-14-30-57,58-31-15-7-16-32-58)59-33-17-8-18-34-59;/h4-46H,1-3H3;/q-2;/i4D,5D,6D,7D,8D,9D,10D,11D,12D,13D,14D,15D,16D,17D,18D,23D,24D,25D,26D,29D,30D,31D,32D,33D,34D;. The van der Waals surface area contributed by atoms with Crippen LogP contribution < -0.4 is 30.1 Å². The van der Waals surface area contributed by atoms with Crippen LogP contribution in [0.15, 0.2) is 260 Å². The summed E-state index contributed by atoms with van der Waals surface area (Å²) >= 11 is 0. The minimum atomic E-state index is -6.21. The molecule has 0 fully saturated rings. The van der Waals surface area contributed by atoms with E-state index in [4.69, 9.17) is 24.8 Å². The molecule has 374 valence electrons. The summed E-state index contributed by atoms with van der Waals surface area (Å²) in [6, 6.07) is 10.9. The van der Waals surface area contributed by atoms with E-state index in [1.54, 1.807) is 30.5 Å². The van der Waals surface area contributed by atoms with Crippen molar-refractivity contribution < 1.29 is 64.6 Å². The van der Waals surface area contributed by atoms with Crippen LogP contribution in [-0.2, 0) is 26.5 Å². The normalized spacial score (nSPS) is 16.3. The molecule has 0 radical (unpaired) electrons. The molecule has 0 atom stereocenters. The minimum Gasteiger partial charge on any atom is -0.510 e. The molecule has 0 aliphatic rings. The predicted molar refractivity (Wildman–Crippen MR) is 313 cm³/mol. The van der Waals surface area contributed by atoms with Crippen LogP contribution >= 0.6 is 0 Å². The van der Waals surface area contributed by atoms with E-state index >= 15 is 0 Å². The number of aromatic nitrogens is 4. The zero-order chi connectivity index (χ0) is 73.0. The molecular weight excluding hydrogens is 1140 g/mol. The summed E-state index contributed by atoms with van der Waals surface area (Å²) in [5, 5.41) is -1.53. The number of ether oxygens (including phenoxy) is 1. The molecule has 0 aliphatic carbocycles. The van der Waals surface area contributed by atoms with Gasteiger partial charge in [0, 0.05) is 44.3 Å². The van der Waals surface area contributed by atoms with Crippen molar-refractivity contribution in [3.8, 4) is 50.9 Å². The van der Waals surface area contributed by atoms with Gasteiger partial charge in [-0.1, -0.05) is 226 Å². The maximum absolute atomic E-state index is 9.95. The van der Waals surface area contributed by atoms with Gasteiger partial charge < -0.3 is 13.9 Å². The number of pyridine rings is 1. The summed E-state index contributed by atoms with van der Waals surface area (Å²) in [5.41, 5.74) is 0.440. The minimum absolute atomic E-state index is 0. The average Bonchev–Trinajstić information content (AvgIpc) is 0.692. The fraction of sp³-hybridized carbons (Fsp3) is 0.0571. The molecule has 0 saturated heterocycles. The topological polar surface area (TPSA) is 35.9 Å². The first-order valence-electron chi connectivity index (χ1n) is 36.3. The third kappa shape index (κ3) is 8.84.